The number of β-amino-alcohol motifs (C(OH)–C–C–N with tert-alkyl or cyclic N) is 1. The van der Waals surface area contributed by atoms with Crippen LogP contribution in [0.15, 0.2) is 81.6 Å². The van der Waals surface area contributed by atoms with E-state index in [-0.39, 0.29) is 41.8 Å². The zero-order valence-corrected chi connectivity index (χ0v) is 44.6. The number of fused-ring (bicyclic) bond motifs is 7. The molecule has 2 aliphatic carbocycles. The molecule has 6 heterocycles. The quantitative estimate of drug-likeness (QED) is 0.102. The molecule has 4 atom stereocenters. The second kappa shape index (κ2) is 20.0. The average Bonchev–Trinajstić information content (AvgIpc) is 3.61. The van der Waals surface area contributed by atoms with Crippen molar-refractivity contribution < 1.29 is 14.7 Å². The van der Waals surface area contributed by atoms with Crippen molar-refractivity contribution >= 4 is 50.0 Å². The highest BCUT2D eigenvalue weighted by atomic mass is 79.9. The molecule has 2 saturated heterocycles. The third kappa shape index (κ3) is 9.40. The van der Waals surface area contributed by atoms with Gasteiger partial charge in [-0.25, -0.2) is 9.67 Å². The van der Waals surface area contributed by atoms with Crippen molar-refractivity contribution in [1.29, 1.82) is 0 Å². The van der Waals surface area contributed by atoms with E-state index in [1.54, 1.807) is 20.9 Å². The fraction of sp³-hybridized carbons (Fsp3) is 0.526. The van der Waals surface area contributed by atoms with Gasteiger partial charge in [0, 0.05) is 29.6 Å². The van der Waals surface area contributed by atoms with Gasteiger partial charge in [-0.3, -0.25) is 19.0 Å². The lowest BCUT2D eigenvalue weighted by Crippen LogP contribution is -2.50. The van der Waals surface area contributed by atoms with Crippen molar-refractivity contribution in [3.05, 3.63) is 121 Å². The van der Waals surface area contributed by atoms with E-state index in [1.165, 1.54) is 23.2 Å². The molecule has 2 saturated carbocycles. The Labute approximate surface area is 435 Å². The third-order valence-electron chi connectivity index (χ3n) is 16.6. The Balaban J connectivity index is 0.741. The number of nitrogens with zero attached hydrogens (tertiary/aromatic N) is 8. The lowest BCUT2D eigenvalue weighted by atomic mass is 9.69. The molecule has 0 radical (unpaired) electrons. The first kappa shape index (κ1) is 49.1. The molecule has 11 rings (SSSR count). The molecule has 0 unspecified atom stereocenters. The van der Waals surface area contributed by atoms with Crippen LogP contribution in [0.1, 0.15) is 168 Å². The molecule has 3 aromatic heterocycles. The van der Waals surface area contributed by atoms with Crippen LogP contribution in [0.2, 0.25) is 0 Å². The number of hydrogen-bond donors (Lipinski definition) is 2. The molecule has 378 valence electrons. The van der Waals surface area contributed by atoms with E-state index >= 15 is 0 Å². The normalized spacial score (nSPS) is 21.0. The molecule has 3 aromatic carbocycles. The van der Waals surface area contributed by atoms with E-state index in [1.807, 2.05) is 51.5 Å². The first-order valence-corrected chi connectivity index (χ1v) is 28.2. The summed E-state index contributed by atoms with van der Waals surface area (Å²) in [4.78, 5) is 57.3. The molecule has 3 aliphatic heterocycles. The number of carbonyl (C=O) groups excluding carboxylic acids is 2. The van der Waals surface area contributed by atoms with Crippen molar-refractivity contribution in [2.75, 3.05) is 26.2 Å². The number of hydrogen-bond acceptors (Lipinski definition) is 10. The summed E-state index contributed by atoms with van der Waals surface area (Å²) in [5, 5.41) is 23.9. The van der Waals surface area contributed by atoms with Crippen LogP contribution in [-0.4, -0.2) is 94.6 Å². The SMILES string of the molecule is Cc1ncsc1-c1ccc([C@H](CCCCCN2CCC(c3ccc4c(c3)-n3c(nc(=O)c5c(Br)cccc53)C43CCCCC3)CC2)NC(=O)[C@H]2C[C@H](O)CN2C(=O)[C@@H](n2cc(C3CC3)nn2)C(C)(C)C)cc1. The van der Waals surface area contributed by atoms with Gasteiger partial charge in [0.1, 0.15) is 17.9 Å². The molecule has 2 N–H and O–H groups in total. The number of piperidine rings is 1. The maximum atomic E-state index is 14.6. The number of amides is 2. The van der Waals surface area contributed by atoms with Crippen LogP contribution < -0.4 is 10.9 Å². The summed E-state index contributed by atoms with van der Waals surface area (Å²) >= 11 is 5.29. The minimum atomic E-state index is -0.806. The predicted molar refractivity (Wildman–Crippen MR) is 286 cm³/mol. The topological polar surface area (TPSA) is 151 Å². The number of benzene rings is 3. The lowest BCUT2D eigenvalue weighted by Gasteiger charge is -2.35. The van der Waals surface area contributed by atoms with Gasteiger partial charge in [-0.05, 0) is 146 Å². The van der Waals surface area contributed by atoms with Crippen LogP contribution >= 0.6 is 27.3 Å². The van der Waals surface area contributed by atoms with Crippen molar-refractivity contribution in [3.8, 4) is 16.1 Å². The fourth-order valence-corrected chi connectivity index (χ4v) is 14.0. The Morgan fingerprint density at radius 1 is 0.958 bits per heavy atom. The summed E-state index contributed by atoms with van der Waals surface area (Å²) in [7, 11) is 0. The average molecular weight is 1060 g/mol. The number of rotatable bonds is 14. The highest BCUT2D eigenvalue weighted by Crippen LogP contribution is 2.52. The maximum Gasteiger partial charge on any atom is 0.281 e. The van der Waals surface area contributed by atoms with Crippen LogP contribution in [-0.2, 0) is 15.0 Å². The number of thiazole rings is 1. The number of aliphatic hydroxyl groups is 1. The molecule has 6 aromatic rings. The molecule has 4 fully saturated rings. The highest BCUT2D eigenvalue weighted by molar-refractivity contribution is 9.10. The molecule has 5 aliphatic rings. The molecular weight excluding hydrogens is 987 g/mol. The molecule has 1 spiro atoms. The number of nitrogens with one attached hydrogen (secondary N) is 1. The van der Waals surface area contributed by atoms with E-state index in [2.05, 4.69) is 94.5 Å². The Kier molecular flexibility index (Phi) is 13.6. The van der Waals surface area contributed by atoms with Gasteiger partial charge >= 0.3 is 0 Å². The first-order chi connectivity index (χ1) is 34.8. The van der Waals surface area contributed by atoms with Crippen molar-refractivity contribution in [2.45, 2.75) is 159 Å². The van der Waals surface area contributed by atoms with E-state index in [0.717, 1.165) is 140 Å². The largest absolute Gasteiger partial charge is 0.391 e. The fourth-order valence-electron chi connectivity index (χ4n) is 12.7. The monoisotopic (exact) mass is 1050 g/mol. The number of aliphatic hydroxyl groups excluding tert-OH is 1. The van der Waals surface area contributed by atoms with Gasteiger partial charge in [0.15, 0.2) is 0 Å². The summed E-state index contributed by atoms with van der Waals surface area (Å²) in [6, 6.07) is 19.9. The smallest absolute Gasteiger partial charge is 0.281 e. The van der Waals surface area contributed by atoms with Crippen LogP contribution in [0.25, 0.3) is 27.0 Å². The molecular formula is C57H68BrN9O4S. The Morgan fingerprint density at radius 2 is 1.74 bits per heavy atom. The minimum Gasteiger partial charge on any atom is -0.391 e. The van der Waals surface area contributed by atoms with Gasteiger partial charge in [-0.2, -0.15) is 4.98 Å². The number of carbonyl (C=O) groups is 2. The summed E-state index contributed by atoms with van der Waals surface area (Å²) in [6.45, 7) is 11.3. The summed E-state index contributed by atoms with van der Waals surface area (Å²) < 4.78 is 4.79. The van der Waals surface area contributed by atoms with Crippen LogP contribution in [0.5, 0.6) is 0 Å². The second-order valence-electron chi connectivity index (χ2n) is 22.6. The zero-order chi connectivity index (χ0) is 49.9. The third-order valence-corrected chi connectivity index (χ3v) is 18.3. The van der Waals surface area contributed by atoms with E-state index in [9.17, 15) is 19.5 Å². The Bertz CT molecular complexity index is 3030. The number of aryl methyl sites for hydroxylation is 1. The lowest BCUT2D eigenvalue weighted by molar-refractivity contribution is -0.144. The number of aromatic nitrogens is 6. The Hall–Kier alpha value is -5.09. The van der Waals surface area contributed by atoms with Gasteiger partial charge in [0.25, 0.3) is 5.56 Å². The Morgan fingerprint density at radius 3 is 2.46 bits per heavy atom. The van der Waals surface area contributed by atoms with E-state index < -0.39 is 23.6 Å². The first-order valence-electron chi connectivity index (χ1n) is 26.6. The number of likely N-dealkylation sites (tertiary alicyclic amines) is 2. The van der Waals surface area contributed by atoms with Crippen LogP contribution in [0.4, 0.5) is 0 Å². The number of unbranched alkanes of at least 4 members (excludes halogenated alkanes) is 2. The van der Waals surface area contributed by atoms with Gasteiger partial charge < -0.3 is 20.2 Å². The van der Waals surface area contributed by atoms with Crippen molar-refractivity contribution in [2.24, 2.45) is 5.41 Å². The van der Waals surface area contributed by atoms with Crippen molar-refractivity contribution in [3.63, 3.8) is 0 Å². The minimum absolute atomic E-state index is 0.0949. The molecule has 13 nitrogen and oxygen atoms in total. The van der Waals surface area contributed by atoms with E-state index in [4.69, 9.17) is 4.98 Å². The van der Waals surface area contributed by atoms with Gasteiger partial charge in [-0.1, -0.05) is 101 Å². The van der Waals surface area contributed by atoms with Gasteiger partial charge in [-0.15, -0.1) is 16.4 Å². The van der Waals surface area contributed by atoms with Crippen LogP contribution in [0.3, 0.4) is 0 Å². The van der Waals surface area contributed by atoms with Crippen molar-refractivity contribution in [1.82, 2.24) is 44.6 Å². The summed E-state index contributed by atoms with van der Waals surface area (Å²) in [6.07, 6.45) is 15.0. The maximum absolute atomic E-state index is 14.6. The predicted octanol–water partition coefficient (Wildman–Crippen LogP) is 10.5. The van der Waals surface area contributed by atoms with Gasteiger partial charge in [0.2, 0.25) is 11.8 Å². The molecule has 2 amide bonds. The standard InChI is InChI=1S/C57H68BrN9O4S/c1-35-50(72-34-59-35)39-19-17-37(18-20-39)44(60-52(69)48-31-41(68)32-65(48)54(71)51(56(2,3)4)66-33-45(62-63-66)38-15-16-38)13-7-5-10-27-64-28-23-36(24-29-64)40-21-22-42-47(30-40)67-46-14-11-12-43(58)49(46)53(70)61-55(67)57(42)25-8-6-9-26-57/h11-12,14,17-22,30,33-34,36,38,41,44,48,51,68H,5-10,13,15-16,23-29,31-32H2,1-4H3,(H,60,69)/t41-,44-,48+,51+/m0/s1. The summed E-state index contributed by atoms with van der Waals surface area (Å²) in [5.74, 6) is 1.33. The van der Waals surface area contributed by atoms with E-state index in [0.29, 0.717) is 17.2 Å². The molecule has 72 heavy (non-hydrogen) atoms. The number of halogens is 1. The van der Waals surface area contributed by atoms with Crippen LogP contribution in [0, 0.1) is 12.3 Å². The summed E-state index contributed by atoms with van der Waals surface area (Å²) in [5.41, 5.74) is 9.87. The zero-order valence-electron chi connectivity index (χ0n) is 42.2. The second-order valence-corrected chi connectivity index (χ2v) is 24.3. The molecule has 0 bridgehead atoms. The highest BCUT2D eigenvalue weighted by Gasteiger charge is 2.48. The molecule has 15 heteroatoms. The van der Waals surface area contributed by atoms with Gasteiger partial charge in [0.05, 0.1) is 55.9 Å².